The molecule has 4 heteroatoms. The van der Waals surface area contributed by atoms with Crippen molar-refractivity contribution in [2.45, 2.75) is 12.8 Å². The van der Waals surface area contributed by atoms with E-state index in [0.29, 0.717) is 17.7 Å². The molecule has 1 saturated heterocycles. The Morgan fingerprint density at radius 1 is 1.10 bits per heavy atom. The Morgan fingerprint density at radius 2 is 1.95 bits per heavy atom. The first-order valence-electron chi connectivity index (χ1n) is 7.35. The van der Waals surface area contributed by atoms with Crippen LogP contribution in [0.3, 0.4) is 0 Å². The molecule has 1 aliphatic rings. The third-order valence-corrected chi connectivity index (χ3v) is 4.31. The Bertz CT molecular complexity index is 775. The van der Waals surface area contributed by atoms with Gasteiger partial charge < -0.3 is 9.84 Å². The number of hydrogen-bond donors (Lipinski definition) is 1. The van der Waals surface area contributed by atoms with Crippen LogP contribution in [0.25, 0.3) is 22.2 Å². The van der Waals surface area contributed by atoms with Crippen molar-refractivity contribution in [2.75, 3.05) is 13.1 Å². The molecule has 21 heavy (non-hydrogen) atoms. The van der Waals surface area contributed by atoms with Crippen LogP contribution >= 0.6 is 0 Å². The molecule has 0 bridgehead atoms. The van der Waals surface area contributed by atoms with Gasteiger partial charge in [0.15, 0.2) is 0 Å². The maximum atomic E-state index is 5.52. The highest BCUT2D eigenvalue weighted by atomic mass is 16.5. The SMILES string of the molecule is CC1CNCC1c1nc(-c2cccc3ccccc23)no1. The van der Waals surface area contributed by atoms with Crippen LogP contribution in [0.5, 0.6) is 0 Å². The van der Waals surface area contributed by atoms with E-state index < -0.39 is 0 Å². The van der Waals surface area contributed by atoms with Crippen molar-refractivity contribution in [3.8, 4) is 11.4 Å². The normalized spacial score (nSPS) is 22.0. The van der Waals surface area contributed by atoms with Gasteiger partial charge in [-0.3, -0.25) is 0 Å². The highest BCUT2D eigenvalue weighted by molar-refractivity contribution is 5.94. The van der Waals surface area contributed by atoms with E-state index in [2.05, 4.69) is 40.6 Å². The molecule has 0 spiro atoms. The van der Waals surface area contributed by atoms with Crippen molar-refractivity contribution in [2.24, 2.45) is 5.92 Å². The lowest BCUT2D eigenvalue weighted by molar-refractivity contribution is 0.340. The van der Waals surface area contributed by atoms with Crippen LogP contribution < -0.4 is 5.32 Å². The molecule has 0 radical (unpaired) electrons. The molecule has 2 aromatic carbocycles. The summed E-state index contributed by atoms with van der Waals surface area (Å²) < 4.78 is 5.52. The summed E-state index contributed by atoms with van der Waals surface area (Å²) in [6.07, 6.45) is 0. The van der Waals surface area contributed by atoms with E-state index in [1.54, 1.807) is 0 Å². The van der Waals surface area contributed by atoms with Crippen molar-refractivity contribution in [3.05, 3.63) is 48.4 Å². The zero-order valence-electron chi connectivity index (χ0n) is 11.9. The minimum atomic E-state index is 0.321. The van der Waals surface area contributed by atoms with Crippen LogP contribution in [0.1, 0.15) is 18.7 Å². The number of nitrogens with one attached hydrogen (secondary N) is 1. The smallest absolute Gasteiger partial charge is 0.231 e. The molecule has 3 aromatic rings. The van der Waals surface area contributed by atoms with Crippen LogP contribution in [-0.4, -0.2) is 23.2 Å². The van der Waals surface area contributed by atoms with Gasteiger partial charge in [0.05, 0.1) is 5.92 Å². The number of hydrogen-bond acceptors (Lipinski definition) is 4. The molecule has 106 valence electrons. The molecule has 0 amide bonds. The van der Waals surface area contributed by atoms with Crippen molar-refractivity contribution in [3.63, 3.8) is 0 Å². The largest absolute Gasteiger partial charge is 0.339 e. The average Bonchev–Trinajstić information content (AvgIpc) is 3.15. The maximum Gasteiger partial charge on any atom is 0.231 e. The predicted molar refractivity (Wildman–Crippen MR) is 82.0 cm³/mol. The second-order valence-electron chi connectivity index (χ2n) is 5.72. The summed E-state index contributed by atoms with van der Waals surface area (Å²) in [6, 6.07) is 14.5. The molecule has 4 nitrogen and oxygen atoms in total. The number of nitrogens with zero attached hydrogens (tertiary/aromatic N) is 2. The van der Waals surface area contributed by atoms with Crippen LogP contribution in [0.4, 0.5) is 0 Å². The highest BCUT2D eigenvalue weighted by Gasteiger charge is 2.29. The van der Waals surface area contributed by atoms with Gasteiger partial charge in [0, 0.05) is 12.1 Å². The van der Waals surface area contributed by atoms with Gasteiger partial charge in [-0.15, -0.1) is 0 Å². The topological polar surface area (TPSA) is 51.0 Å². The third kappa shape index (κ3) is 2.12. The van der Waals surface area contributed by atoms with E-state index in [0.717, 1.165) is 29.9 Å². The van der Waals surface area contributed by atoms with Crippen LogP contribution in [-0.2, 0) is 0 Å². The number of fused-ring (bicyclic) bond motifs is 1. The van der Waals surface area contributed by atoms with Crippen molar-refractivity contribution in [1.29, 1.82) is 0 Å². The number of aromatic nitrogens is 2. The minimum Gasteiger partial charge on any atom is -0.339 e. The summed E-state index contributed by atoms with van der Waals surface area (Å²) in [7, 11) is 0. The van der Waals surface area contributed by atoms with E-state index in [1.165, 1.54) is 5.39 Å². The van der Waals surface area contributed by atoms with Crippen LogP contribution in [0.2, 0.25) is 0 Å². The van der Waals surface area contributed by atoms with E-state index in [-0.39, 0.29) is 0 Å². The summed E-state index contributed by atoms with van der Waals surface area (Å²) in [4.78, 5) is 4.65. The molecule has 1 aliphatic heterocycles. The lowest BCUT2D eigenvalue weighted by atomic mass is 9.98. The molecule has 2 heterocycles. The van der Waals surface area contributed by atoms with Gasteiger partial charge in [0.1, 0.15) is 0 Å². The molecule has 2 unspecified atom stereocenters. The summed E-state index contributed by atoms with van der Waals surface area (Å²) in [6.45, 7) is 4.14. The van der Waals surface area contributed by atoms with E-state index in [9.17, 15) is 0 Å². The van der Waals surface area contributed by atoms with Gasteiger partial charge in [-0.25, -0.2) is 0 Å². The Labute approximate surface area is 123 Å². The average molecular weight is 279 g/mol. The van der Waals surface area contributed by atoms with Crippen LogP contribution in [0.15, 0.2) is 47.0 Å². The Kier molecular flexibility index (Phi) is 2.97. The van der Waals surface area contributed by atoms with E-state index in [4.69, 9.17) is 4.52 Å². The minimum absolute atomic E-state index is 0.321. The fourth-order valence-electron chi connectivity index (χ4n) is 3.06. The van der Waals surface area contributed by atoms with Crippen molar-refractivity contribution >= 4 is 10.8 Å². The Morgan fingerprint density at radius 3 is 2.81 bits per heavy atom. The zero-order valence-corrected chi connectivity index (χ0v) is 11.9. The molecular formula is C17H17N3O. The summed E-state index contributed by atoms with van der Waals surface area (Å²) >= 11 is 0. The molecule has 1 aromatic heterocycles. The summed E-state index contributed by atoms with van der Waals surface area (Å²) in [5, 5.41) is 9.92. The fraction of sp³-hybridized carbons (Fsp3) is 0.294. The molecule has 1 N–H and O–H groups in total. The molecule has 4 rings (SSSR count). The standard InChI is InChI=1S/C17H17N3O/c1-11-9-18-10-15(11)17-19-16(20-21-17)14-8-4-6-12-5-2-3-7-13(12)14/h2-8,11,15,18H,9-10H2,1H3. The van der Waals surface area contributed by atoms with Gasteiger partial charge in [-0.1, -0.05) is 54.5 Å². The molecule has 0 saturated carbocycles. The van der Waals surface area contributed by atoms with Crippen molar-refractivity contribution in [1.82, 2.24) is 15.5 Å². The fourth-order valence-corrected chi connectivity index (χ4v) is 3.06. The second-order valence-corrected chi connectivity index (χ2v) is 5.72. The molecule has 1 fully saturated rings. The predicted octanol–water partition coefficient (Wildman–Crippen LogP) is 3.21. The number of benzene rings is 2. The van der Waals surface area contributed by atoms with Crippen LogP contribution in [0, 0.1) is 5.92 Å². The second kappa shape index (κ2) is 4.97. The monoisotopic (exact) mass is 279 g/mol. The summed E-state index contributed by atoms with van der Waals surface area (Å²) in [5.74, 6) is 2.28. The van der Waals surface area contributed by atoms with Gasteiger partial charge >= 0.3 is 0 Å². The first-order valence-corrected chi connectivity index (χ1v) is 7.35. The zero-order chi connectivity index (χ0) is 14.2. The number of rotatable bonds is 2. The molecule has 0 aliphatic carbocycles. The maximum absolute atomic E-state index is 5.52. The Hall–Kier alpha value is -2.20. The van der Waals surface area contributed by atoms with Gasteiger partial charge in [-0.2, -0.15) is 4.98 Å². The quantitative estimate of drug-likeness (QED) is 0.782. The molecular weight excluding hydrogens is 262 g/mol. The van der Waals surface area contributed by atoms with E-state index in [1.807, 2.05) is 24.3 Å². The molecule has 2 atom stereocenters. The van der Waals surface area contributed by atoms with E-state index >= 15 is 0 Å². The van der Waals surface area contributed by atoms with Crippen molar-refractivity contribution < 1.29 is 4.52 Å². The first kappa shape index (κ1) is 12.5. The summed E-state index contributed by atoms with van der Waals surface area (Å²) in [5.41, 5.74) is 1.03. The lowest BCUT2D eigenvalue weighted by Crippen LogP contribution is -2.08. The van der Waals surface area contributed by atoms with Gasteiger partial charge in [0.2, 0.25) is 11.7 Å². The lowest BCUT2D eigenvalue weighted by Gasteiger charge is -2.07. The Balaban J connectivity index is 1.78. The van der Waals surface area contributed by atoms with Gasteiger partial charge in [-0.05, 0) is 23.2 Å². The highest BCUT2D eigenvalue weighted by Crippen LogP contribution is 2.30. The third-order valence-electron chi connectivity index (χ3n) is 4.31. The first-order chi connectivity index (χ1) is 10.3. The van der Waals surface area contributed by atoms with Gasteiger partial charge in [0.25, 0.3) is 0 Å².